The van der Waals surface area contributed by atoms with Crippen LogP contribution in [0.1, 0.15) is 25.7 Å². The molecule has 0 saturated carbocycles. The summed E-state index contributed by atoms with van der Waals surface area (Å²) in [6.45, 7) is 5.65. The van der Waals surface area contributed by atoms with E-state index < -0.39 is 0 Å². The Morgan fingerprint density at radius 2 is 1.95 bits per heavy atom. The SMILES string of the molecule is O=C(Nc1ccccc1)C1CCN(CC2CCCNC2)CC1. The van der Waals surface area contributed by atoms with Crippen LogP contribution in [-0.2, 0) is 4.79 Å². The Labute approximate surface area is 133 Å². The molecule has 0 aromatic heterocycles. The quantitative estimate of drug-likeness (QED) is 0.897. The molecular formula is C18H27N3O. The molecule has 0 spiro atoms. The lowest BCUT2D eigenvalue weighted by molar-refractivity contribution is -0.121. The van der Waals surface area contributed by atoms with Gasteiger partial charge >= 0.3 is 0 Å². The third-order valence-electron chi connectivity index (χ3n) is 4.92. The molecule has 4 heteroatoms. The molecule has 0 radical (unpaired) electrons. The van der Waals surface area contributed by atoms with Crippen LogP contribution in [0.15, 0.2) is 30.3 Å². The van der Waals surface area contributed by atoms with Gasteiger partial charge in [-0.3, -0.25) is 4.79 Å². The Morgan fingerprint density at radius 1 is 1.18 bits per heavy atom. The molecule has 3 rings (SSSR count). The van der Waals surface area contributed by atoms with Crippen molar-refractivity contribution >= 4 is 11.6 Å². The van der Waals surface area contributed by atoms with Crippen molar-refractivity contribution in [1.29, 1.82) is 0 Å². The van der Waals surface area contributed by atoms with Crippen molar-refractivity contribution in [3.05, 3.63) is 30.3 Å². The summed E-state index contributed by atoms with van der Waals surface area (Å²) in [5.74, 6) is 1.15. The van der Waals surface area contributed by atoms with Crippen LogP contribution in [0, 0.1) is 11.8 Å². The van der Waals surface area contributed by atoms with Crippen LogP contribution in [0.5, 0.6) is 0 Å². The van der Waals surface area contributed by atoms with Crippen LogP contribution in [0.2, 0.25) is 0 Å². The number of carbonyl (C=O) groups is 1. The summed E-state index contributed by atoms with van der Waals surface area (Å²) in [4.78, 5) is 14.9. The zero-order valence-electron chi connectivity index (χ0n) is 13.3. The van der Waals surface area contributed by atoms with Crippen molar-refractivity contribution in [2.24, 2.45) is 11.8 Å². The average Bonchev–Trinajstić information content (AvgIpc) is 2.57. The maximum atomic E-state index is 12.3. The van der Waals surface area contributed by atoms with Gasteiger partial charge in [0.2, 0.25) is 5.91 Å². The van der Waals surface area contributed by atoms with Crippen LogP contribution in [0.25, 0.3) is 0 Å². The number of nitrogens with zero attached hydrogens (tertiary/aromatic N) is 1. The maximum Gasteiger partial charge on any atom is 0.227 e. The molecule has 4 nitrogen and oxygen atoms in total. The number of hydrogen-bond donors (Lipinski definition) is 2. The number of amides is 1. The first-order valence-corrected chi connectivity index (χ1v) is 8.60. The molecule has 1 aromatic rings. The second kappa shape index (κ2) is 7.75. The molecule has 2 N–H and O–H groups in total. The topological polar surface area (TPSA) is 44.4 Å². The van der Waals surface area contributed by atoms with Crippen molar-refractivity contribution in [2.45, 2.75) is 25.7 Å². The number of para-hydroxylation sites is 1. The lowest BCUT2D eigenvalue weighted by Gasteiger charge is -2.35. The molecule has 0 aliphatic carbocycles. The second-order valence-electron chi connectivity index (χ2n) is 6.64. The van der Waals surface area contributed by atoms with Gasteiger partial charge in [-0.2, -0.15) is 0 Å². The predicted octanol–water partition coefficient (Wildman–Crippen LogP) is 2.34. The minimum atomic E-state index is 0.168. The number of nitrogens with one attached hydrogen (secondary N) is 2. The van der Waals surface area contributed by atoms with E-state index in [1.54, 1.807) is 0 Å². The smallest absolute Gasteiger partial charge is 0.227 e. The largest absolute Gasteiger partial charge is 0.326 e. The van der Waals surface area contributed by atoms with Gasteiger partial charge in [0.25, 0.3) is 0 Å². The van der Waals surface area contributed by atoms with Gasteiger partial charge in [-0.1, -0.05) is 18.2 Å². The van der Waals surface area contributed by atoms with Crippen molar-refractivity contribution in [3.8, 4) is 0 Å². The number of anilines is 1. The van der Waals surface area contributed by atoms with E-state index in [9.17, 15) is 4.79 Å². The van der Waals surface area contributed by atoms with E-state index in [0.717, 1.165) is 44.1 Å². The van der Waals surface area contributed by atoms with Crippen LogP contribution in [0.3, 0.4) is 0 Å². The van der Waals surface area contributed by atoms with Gasteiger partial charge in [-0.15, -0.1) is 0 Å². The first kappa shape index (κ1) is 15.5. The summed E-state index contributed by atoms with van der Waals surface area (Å²) in [7, 11) is 0. The van der Waals surface area contributed by atoms with E-state index in [1.807, 2.05) is 30.3 Å². The standard InChI is InChI=1S/C18H27N3O/c22-18(20-17-6-2-1-3-7-17)16-8-11-21(12-9-16)14-15-5-4-10-19-13-15/h1-3,6-7,15-16,19H,4-5,8-14H2,(H,20,22). The molecule has 1 amide bonds. The molecule has 1 aromatic carbocycles. The molecule has 120 valence electrons. The number of hydrogen-bond acceptors (Lipinski definition) is 3. The van der Waals surface area contributed by atoms with Gasteiger partial charge in [-0.05, 0) is 69.9 Å². The minimum absolute atomic E-state index is 0.168. The molecule has 2 fully saturated rings. The van der Waals surface area contributed by atoms with Gasteiger partial charge in [0.1, 0.15) is 0 Å². The number of carbonyl (C=O) groups excluding carboxylic acids is 1. The monoisotopic (exact) mass is 301 g/mol. The zero-order chi connectivity index (χ0) is 15.2. The van der Waals surface area contributed by atoms with Crippen LogP contribution < -0.4 is 10.6 Å². The van der Waals surface area contributed by atoms with Crippen molar-refractivity contribution in [2.75, 3.05) is 38.0 Å². The fraction of sp³-hybridized carbons (Fsp3) is 0.611. The van der Waals surface area contributed by atoms with Gasteiger partial charge in [0.15, 0.2) is 0 Å². The highest BCUT2D eigenvalue weighted by Gasteiger charge is 2.26. The highest BCUT2D eigenvalue weighted by molar-refractivity contribution is 5.92. The minimum Gasteiger partial charge on any atom is -0.326 e. The summed E-state index contributed by atoms with van der Waals surface area (Å²) in [6.07, 6.45) is 4.62. The number of piperidine rings is 2. The van der Waals surface area contributed by atoms with E-state index in [0.29, 0.717) is 0 Å². The van der Waals surface area contributed by atoms with Gasteiger partial charge in [0.05, 0.1) is 0 Å². The number of benzene rings is 1. The molecule has 1 unspecified atom stereocenters. The Hall–Kier alpha value is -1.39. The Kier molecular flexibility index (Phi) is 5.46. The Balaban J connectivity index is 1.42. The van der Waals surface area contributed by atoms with E-state index in [4.69, 9.17) is 0 Å². The van der Waals surface area contributed by atoms with Gasteiger partial charge < -0.3 is 15.5 Å². The second-order valence-corrected chi connectivity index (χ2v) is 6.64. The number of likely N-dealkylation sites (tertiary alicyclic amines) is 1. The fourth-order valence-corrected chi connectivity index (χ4v) is 3.59. The summed E-state index contributed by atoms with van der Waals surface area (Å²) in [5.41, 5.74) is 0.906. The molecule has 2 saturated heterocycles. The van der Waals surface area contributed by atoms with E-state index >= 15 is 0 Å². The normalized spacial score (nSPS) is 24.1. The molecule has 2 aliphatic heterocycles. The van der Waals surface area contributed by atoms with Crippen LogP contribution in [-0.4, -0.2) is 43.5 Å². The zero-order valence-corrected chi connectivity index (χ0v) is 13.3. The molecule has 2 heterocycles. The lowest BCUT2D eigenvalue weighted by Crippen LogP contribution is -2.43. The van der Waals surface area contributed by atoms with E-state index in [1.165, 1.54) is 25.9 Å². The molecule has 22 heavy (non-hydrogen) atoms. The molecule has 1 atom stereocenters. The fourth-order valence-electron chi connectivity index (χ4n) is 3.59. The average molecular weight is 301 g/mol. The first-order valence-electron chi connectivity index (χ1n) is 8.60. The highest BCUT2D eigenvalue weighted by Crippen LogP contribution is 2.21. The lowest BCUT2D eigenvalue weighted by atomic mass is 9.93. The van der Waals surface area contributed by atoms with Crippen molar-refractivity contribution in [1.82, 2.24) is 10.2 Å². The summed E-state index contributed by atoms with van der Waals surface area (Å²) < 4.78 is 0. The van der Waals surface area contributed by atoms with Gasteiger partial charge in [0, 0.05) is 18.2 Å². The third kappa shape index (κ3) is 4.31. The van der Waals surface area contributed by atoms with Crippen molar-refractivity contribution < 1.29 is 4.79 Å². The Morgan fingerprint density at radius 3 is 2.64 bits per heavy atom. The summed E-state index contributed by atoms with van der Waals surface area (Å²) in [6, 6.07) is 9.77. The third-order valence-corrected chi connectivity index (χ3v) is 4.92. The van der Waals surface area contributed by atoms with E-state index in [-0.39, 0.29) is 11.8 Å². The summed E-state index contributed by atoms with van der Waals surface area (Å²) in [5, 5.41) is 6.53. The molecular weight excluding hydrogens is 274 g/mol. The van der Waals surface area contributed by atoms with Crippen LogP contribution >= 0.6 is 0 Å². The van der Waals surface area contributed by atoms with Crippen molar-refractivity contribution in [3.63, 3.8) is 0 Å². The number of rotatable bonds is 4. The molecule has 0 bridgehead atoms. The molecule has 2 aliphatic rings. The van der Waals surface area contributed by atoms with Crippen LogP contribution in [0.4, 0.5) is 5.69 Å². The highest BCUT2D eigenvalue weighted by atomic mass is 16.1. The van der Waals surface area contributed by atoms with E-state index in [2.05, 4.69) is 15.5 Å². The Bertz CT molecular complexity index is 462. The van der Waals surface area contributed by atoms with Gasteiger partial charge in [-0.25, -0.2) is 0 Å². The first-order chi connectivity index (χ1) is 10.8. The maximum absolute atomic E-state index is 12.3. The predicted molar refractivity (Wildman–Crippen MR) is 89.8 cm³/mol. The summed E-state index contributed by atoms with van der Waals surface area (Å²) >= 11 is 0.